The number of allylic oxidation sites excluding steroid dienone is 1. The molecule has 0 amide bonds. The molecule has 0 aromatic rings. The molecule has 0 aromatic carbocycles. The van der Waals surface area contributed by atoms with Gasteiger partial charge in [0.15, 0.2) is 0 Å². The molecule has 0 aromatic heterocycles. The molecule has 0 saturated heterocycles. The lowest BCUT2D eigenvalue weighted by atomic mass is 9.83. The van der Waals surface area contributed by atoms with Gasteiger partial charge in [0.2, 0.25) is 0 Å². The molecule has 0 spiro atoms. The standard InChI is InChI=1S/C20H36O4/c1-4-5-6-7-17(21)11-9-16-10-13-19(22)18(16)12-8-15(2)14-20(23)24-3/h10,13,15-19,21-22H,4-9,11-12,14H2,1-3H3/t15?,16-,17?,18-,19+/m0/s1. The molecule has 2 N–H and O–H groups in total. The first-order valence-corrected chi connectivity index (χ1v) is 9.59. The number of unbranched alkanes of at least 4 members (excludes halogenated alkanes) is 2. The minimum atomic E-state index is -0.391. The smallest absolute Gasteiger partial charge is 0.305 e. The van der Waals surface area contributed by atoms with Crippen LogP contribution in [0.3, 0.4) is 0 Å². The Morgan fingerprint density at radius 2 is 1.92 bits per heavy atom. The highest BCUT2D eigenvalue weighted by Gasteiger charge is 2.30. The highest BCUT2D eigenvalue weighted by atomic mass is 16.5. The average Bonchev–Trinajstić information content (AvgIpc) is 2.91. The van der Waals surface area contributed by atoms with E-state index in [9.17, 15) is 15.0 Å². The summed E-state index contributed by atoms with van der Waals surface area (Å²) in [6, 6.07) is 0. The molecule has 4 nitrogen and oxygen atoms in total. The topological polar surface area (TPSA) is 66.8 Å². The molecular formula is C20H36O4. The molecule has 0 fully saturated rings. The molecule has 4 heteroatoms. The summed E-state index contributed by atoms with van der Waals surface area (Å²) in [5, 5.41) is 20.3. The number of hydrogen-bond donors (Lipinski definition) is 2. The molecular weight excluding hydrogens is 304 g/mol. The highest BCUT2D eigenvalue weighted by molar-refractivity contribution is 5.69. The molecule has 1 aliphatic rings. The van der Waals surface area contributed by atoms with Crippen LogP contribution in [0, 0.1) is 17.8 Å². The zero-order chi connectivity index (χ0) is 17.9. The van der Waals surface area contributed by atoms with Crippen LogP contribution >= 0.6 is 0 Å². The molecule has 0 radical (unpaired) electrons. The minimum Gasteiger partial charge on any atom is -0.469 e. The zero-order valence-electron chi connectivity index (χ0n) is 15.6. The van der Waals surface area contributed by atoms with Crippen LogP contribution in [-0.2, 0) is 9.53 Å². The van der Waals surface area contributed by atoms with Crippen molar-refractivity contribution in [2.24, 2.45) is 17.8 Å². The fourth-order valence-corrected chi connectivity index (χ4v) is 3.60. The average molecular weight is 341 g/mol. The fraction of sp³-hybridized carbons (Fsp3) is 0.850. The SMILES string of the molecule is CCCCCC(O)CC[C@H]1C=C[C@@H](O)[C@H]1CCC(C)CC(=O)OC. The maximum absolute atomic E-state index is 11.3. The van der Waals surface area contributed by atoms with Gasteiger partial charge in [-0.2, -0.15) is 0 Å². The van der Waals surface area contributed by atoms with Crippen LogP contribution in [0.25, 0.3) is 0 Å². The van der Waals surface area contributed by atoms with Gasteiger partial charge in [0.1, 0.15) is 0 Å². The van der Waals surface area contributed by atoms with Crippen LogP contribution < -0.4 is 0 Å². The van der Waals surface area contributed by atoms with Crippen LogP contribution in [0.2, 0.25) is 0 Å². The second-order valence-electron chi connectivity index (χ2n) is 7.39. The summed E-state index contributed by atoms with van der Waals surface area (Å²) in [6.07, 6.45) is 11.7. The van der Waals surface area contributed by atoms with Crippen molar-refractivity contribution in [1.29, 1.82) is 0 Å². The molecule has 1 rings (SSSR count). The molecule has 1 aliphatic carbocycles. The van der Waals surface area contributed by atoms with Gasteiger partial charge in [-0.1, -0.05) is 45.3 Å². The van der Waals surface area contributed by atoms with E-state index in [1.165, 1.54) is 20.0 Å². The lowest BCUT2D eigenvalue weighted by Crippen LogP contribution is -2.22. The molecule has 140 valence electrons. The summed E-state index contributed by atoms with van der Waals surface area (Å²) < 4.78 is 4.71. The van der Waals surface area contributed by atoms with E-state index in [-0.39, 0.29) is 23.9 Å². The number of esters is 1. The molecule has 0 saturated carbocycles. The van der Waals surface area contributed by atoms with E-state index in [2.05, 4.69) is 19.9 Å². The van der Waals surface area contributed by atoms with E-state index in [1.54, 1.807) is 0 Å². The second-order valence-corrected chi connectivity index (χ2v) is 7.39. The van der Waals surface area contributed by atoms with Crippen molar-refractivity contribution < 1.29 is 19.7 Å². The summed E-state index contributed by atoms with van der Waals surface area (Å²) in [5.74, 6) is 0.656. The maximum Gasteiger partial charge on any atom is 0.305 e. The Hall–Kier alpha value is -0.870. The second kappa shape index (κ2) is 11.6. The van der Waals surface area contributed by atoms with Gasteiger partial charge in [0.05, 0.1) is 19.3 Å². The van der Waals surface area contributed by atoms with Gasteiger partial charge in [-0.15, -0.1) is 0 Å². The highest BCUT2D eigenvalue weighted by Crippen LogP contribution is 2.34. The van der Waals surface area contributed by atoms with Gasteiger partial charge in [-0.05, 0) is 49.9 Å². The number of carbonyl (C=O) groups excluding carboxylic acids is 1. The molecule has 0 bridgehead atoms. The summed E-state index contributed by atoms with van der Waals surface area (Å²) in [6.45, 7) is 4.22. The zero-order valence-corrected chi connectivity index (χ0v) is 15.6. The van der Waals surface area contributed by atoms with Crippen molar-refractivity contribution >= 4 is 5.97 Å². The number of aliphatic hydroxyl groups is 2. The number of rotatable bonds is 12. The van der Waals surface area contributed by atoms with E-state index in [0.717, 1.165) is 38.5 Å². The lowest BCUT2D eigenvalue weighted by Gasteiger charge is -2.24. The largest absolute Gasteiger partial charge is 0.469 e. The fourth-order valence-electron chi connectivity index (χ4n) is 3.60. The first-order valence-electron chi connectivity index (χ1n) is 9.59. The molecule has 0 heterocycles. The van der Waals surface area contributed by atoms with Crippen LogP contribution in [0.15, 0.2) is 12.2 Å². The van der Waals surface area contributed by atoms with Gasteiger partial charge < -0.3 is 14.9 Å². The number of hydrogen-bond acceptors (Lipinski definition) is 4. The van der Waals surface area contributed by atoms with Crippen molar-refractivity contribution in [2.75, 3.05) is 7.11 Å². The monoisotopic (exact) mass is 340 g/mol. The number of aliphatic hydroxyl groups excluding tert-OH is 2. The van der Waals surface area contributed by atoms with Gasteiger partial charge in [-0.3, -0.25) is 4.79 Å². The van der Waals surface area contributed by atoms with Crippen molar-refractivity contribution in [3.63, 3.8) is 0 Å². The third-order valence-electron chi connectivity index (χ3n) is 5.25. The van der Waals surface area contributed by atoms with E-state index in [1.807, 2.05) is 6.08 Å². The summed E-state index contributed by atoms with van der Waals surface area (Å²) in [4.78, 5) is 11.3. The summed E-state index contributed by atoms with van der Waals surface area (Å²) in [5.41, 5.74) is 0. The Bertz CT molecular complexity index is 380. The van der Waals surface area contributed by atoms with Crippen molar-refractivity contribution in [3.05, 3.63) is 12.2 Å². The maximum atomic E-state index is 11.3. The molecule has 5 atom stereocenters. The molecule has 2 unspecified atom stereocenters. The summed E-state index contributed by atoms with van der Waals surface area (Å²) in [7, 11) is 1.42. The predicted molar refractivity (Wildman–Crippen MR) is 96.5 cm³/mol. The van der Waals surface area contributed by atoms with E-state index >= 15 is 0 Å². The lowest BCUT2D eigenvalue weighted by molar-refractivity contribution is -0.141. The Labute approximate surface area is 147 Å². The Morgan fingerprint density at radius 3 is 2.58 bits per heavy atom. The van der Waals surface area contributed by atoms with Gasteiger partial charge >= 0.3 is 5.97 Å². The van der Waals surface area contributed by atoms with Gasteiger partial charge in [-0.25, -0.2) is 0 Å². The quantitative estimate of drug-likeness (QED) is 0.322. The Balaban J connectivity index is 2.33. The van der Waals surface area contributed by atoms with Crippen molar-refractivity contribution in [3.8, 4) is 0 Å². The molecule has 0 aliphatic heterocycles. The summed E-state index contributed by atoms with van der Waals surface area (Å²) >= 11 is 0. The van der Waals surface area contributed by atoms with E-state index in [4.69, 9.17) is 4.74 Å². The van der Waals surface area contributed by atoms with Crippen LogP contribution in [0.1, 0.15) is 71.6 Å². The number of ether oxygens (including phenoxy) is 1. The number of carbonyl (C=O) groups is 1. The third kappa shape index (κ3) is 7.80. The van der Waals surface area contributed by atoms with E-state index in [0.29, 0.717) is 12.3 Å². The van der Waals surface area contributed by atoms with Gasteiger partial charge in [0, 0.05) is 6.42 Å². The van der Waals surface area contributed by atoms with Crippen LogP contribution in [-0.4, -0.2) is 35.5 Å². The first-order chi connectivity index (χ1) is 11.5. The van der Waals surface area contributed by atoms with Crippen LogP contribution in [0.5, 0.6) is 0 Å². The number of methoxy groups -OCH3 is 1. The predicted octanol–water partition coefficient (Wildman–Crippen LogP) is 3.85. The third-order valence-corrected chi connectivity index (χ3v) is 5.25. The van der Waals surface area contributed by atoms with Crippen LogP contribution in [0.4, 0.5) is 0 Å². The minimum absolute atomic E-state index is 0.167. The first kappa shape index (κ1) is 21.2. The van der Waals surface area contributed by atoms with Gasteiger partial charge in [0.25, 0.3) is 0 Å². The Morgan fingerprint density at radius 1 is 1.17 bits per heavy atom. The Kier molecular flexibility index (Phi) is 10.3. The molecule has 24 heavy (non-hydrogen) atoms. The van der Waals surface area contributed by atoms with Crippen molar-refractivity contribution in [1.82, 2.24) is 0 Å². The van der Waals surface area contributed by atoms with Crippen molar-refractivity contribution in [2.45, 2.75) is 83.8 Å². The normalized spacial score (nSPS) is 25.6. The van der Waals surface area contributed by atoms with E-state index < -0.39 is 6.10 Å².